The smallest absolute Gasteiger partial charge is 0.149 e. The summed E-state index contributed by atoms with van der Waals surface area (Å²) in [6.07, 6.45) is 1.50. The number of halogens is 2. The highest BCUT2D eigenvalue weighted by Gasteiger charge is 2.12. The van der Waals surface area contributed by atoms with Gasteiger partial charge in [-0.25, -0.2) is 4.98 Å². The maximum absolute atomic E-state index is 10.1. The van der Waals surface area contributed by atoms with Crippen LogP contribution in [0, 0.1) is 25.2 Å². The number of aromatic hydroxyl groups is 1. The van der Waals surface area contributed by atoms with Crippen molar-refractivity contribution in [1.82, 2.24) is 9.97 Å². The molecule has 3 rings (SSSR count). The second kappa shape index (κ2) is 6.20. The molecule has 1 aromatic heterocycles. The van der Waals surface area contributed by atoms with E-state index < -0.39 is 0 Å². The first-order valence-electron chi connectivity index (χ1n) is 7.16. The van der Waals surface area contributed by atoms with Crippen molar-refractivity contribution in [2.24, 2.45) is 0 Å². The van der Waals surface area contributed by atoms with Gasteiger partial charge in [-0.15, -0.1) is 0 Å². The molecule has 2 aromatic carbocycles. The Bertz CT molecular complexity index is 990. The van der Waals surface area contributed by atoms with Crippen molar-refractivity contribution in [2.45, 2.75) is 13.8 Å². The lowest BCUT2D eigenvalue weighted by Gasteiger charge is -2.03. The van der Waals surface area contributed by atoms with Crippen molar-refractivity contribution >= 4 is 45.9 Å². The molecular formula is C18H13Cl2N3O. The average molecular weight is 358 g/mol. The quantitative estimate of drug-likeness (QED) is 0.614. The minimum atomic E-state index is -0.128. The first kappa shape index (κ1) is 16.4. The maximum atomic E-state index is 10.1. The van der Waals surface area contributed by atoms with E-state index in [1.807, 2.05) is 26.0 Å². The molecule has 0 aliphatic rings. The van der Waals surface area contributed by atoms with Crippen molar-refractivity contribution < 1.29 is 5.11 Å². The Labute approximate surface area is 149 Å². The number of fused-ring (bicyclic) bond motifs is 1. The molecule has 24 heavy (non-hydrogen) atoms. The SMILES string of the molecule is Cc1cc2nc(/C(C#N)=C\c3cc(Cl)cc(Cl)c3O)[nH]c2cc1C. The number of nitriles is 1. The Hall–Kier alpha value is -2.48. The number of phenolic OH excluding ortho intramolecular Hbond substituents is 1. The number of H-pyrrole nitrogens is 1. The van der Waals surface area contributed by atoms with Crippen LogP contribution in [0.25, 0.3) is 22.7 Å². The van der Waals surface area contributed by atoms with Crippen LogP contribution in [0.3, 0.4) is 0 Å². The third-order valence-corrected chi connectivity index (χ3v) is 4.34. The number of benzene rings is 2. The summed E-state index contributed by atoms with van der Waals surface area (Å²) in [6.45, 7) is 4.03. The first-order valence-corrected chi connectivity index (χ1v) is 7.92. The number of rotatable bonds is 2. The highest BCUT2D eigenvalue weighted by molar-refractivity contribution is 6.36. The highest BCUT2D eigenvalue weighted by atomic mass is 35.5. The van der Waals surface area contributed by atoms with E-state index >= 15 is 0 Å². The summed E-state index contributed by atoms with van der Waals surface area (Å²) in [7, 11) is 0. The molecule has 0 bridgehead atoms. The van der Waals surface area contributed by atoms with Gasteiger partial charge in [-0.1, -0.05) is 23.2 Å². The van der Waals surface area contributed by atoms with Crippen LogP contribution < -0.4 is 0 Å². The lowest BCUT2D eigenvalue weighted by molar-refractivity contribution is 0.474. The summed E-state index contributed by atoms with van der Waals surface area (Å²) in [5.74, 6) is 0.296. The molecule has 0 aliphatic heterocycles. The number of nitrogens with zero attached hydrogens (tertiary/aromatic N) is 2. The van der Waals surface area contributed by atoms with E-state index in [1.54, 1.807) is 0 Å². The standard InChI is InChI=1S/C18H13Cl2N3O/c1-9-3-15-16(4-10(9)2)23-18(22-15)12(8-21)5-11-6-13(19)7-14(20)17(11)24/h3-7,24H,1-2H3,(H,22,23)/b12-5-. The summed E-state index contributed by atoms with van der Waals surface area (Å²) in [5, 5.41) is 20.0. The second-order valence-electron chi connectivity index (χ2n) is 5.53. The van der Waals surface area contributed by atoms with Gasteiger partial charge in [0, 0.05) is 10.6 Å². The number of nitrogens with one attached hydrogen (secondary N) is 1. The zero-order chi connectivity index (χ0) is 17.4. The van der Waals surface area contributed by atoms with E-state index in [4.69, 9.17) is 23.2 Å². The molecule has 0 amide bonds. The Morgan fingerprint density at radius 2 is 1.92 bits per heavy atom. The lowest BCUT2D eigenvalue weighted by atomic mass is 10.1. The van der Waals surface area contributed by atoms with Gasteiger partial charge in [0.25, 0.3) is 0 Å². The van der Waals surface area contributed by atoms with Crippen LogP contribution in [0.4, 0.5) is 0 Å². The first-order chi connectivity index (χ1) is 11.4. The van der Waals surface area contributed by atoms with Crippen molar-refractivity contribution in [3.8, 4) is 11.8 Å². The molecule has 1 heterocycles. The Morgan fingerprint density at radius 3 is 2.62 bits per heavy atom. The third-order valence-electron chi connectivity index (χ3n) is 3.83. The predicted molar refractivity (Wildman–Crippen MR) is 97.2 cm³/mol. The largest absolute Gasteiger partial charge is 0.506 e. The molecule has 0 atom stereocenters. The molecule has 0 saturated carbocycles. The average Bonchev–Trinajstić information content (AvgIpc) is 2.92. The molecule has 6 heteroatoms. The fourth-order valence-electron chi connectivity index (χ4n) is 2.40. The number of imidazole rings is 1. The van der Waals surface area contributed by atoms with Crippen molar-refractivity contribution in [2.75, 3.05) is 0 Å². The fourth-order valence-corrected chi connectivity index (χ4v) is 2.91. The maximum Gasteiger partial charge on any atom is 0.149 e. The van der Waals surface area contributed by atoms with E-state index in [-0.39, 0.29) is 16.3 Å². The van der Waals surface area contributed by atoms with Crippen LogP contribution >= 0.6 is 23.2 Å². The summed E-state index contributed by atoms with van der Waals surface area (Å²) < 4.78 is 0. The van der Waals surface area contributed by atoms with Gasteiger partial charge in [0.1, 0.15) is 17.6 Å². The van der Waals surface area contributed by atoms with E-state index in [9.17, 15) is 10.4 Å². The van der Waals surface area contributed by atoms with Crippen LogP contribution in [0.1, 0.15) is 22.5 Å². The van der Waals surface area contributed by atoms with Crippen molar-refractivity contribution in [1.29, 1.82) is 5.26 Å². The number of hydrogen-bond acceptors (Lipinski definition) is 3. The van der Waals surface area contributed by atoms with Gasteiger partial charge in [-0.2, -0.15) is 5.26 Å². The summed E-state index contributed by atoms with van der Waals surface area (Å²) in [6, 6.07) is 9.03. The van der Waals surface area contributed by atoms with E-state index in [1.165, 1.54) is 18.2 Å². The molecule has 120 valence electrons. The minimum absolute atomic E-state index is 0.127. The van der Waals surface area contributed by atoms with Gasteiger partial charge in [-0.05, 0) is 55.3 Å². The summed E-state index contributed by atoms with van der Waals surface area (Å²) >= 11 is 11.9. The number of aromatic amines is 1. The number of aryl methyl sites for hydroxylation is 2. The molecule has 0 saturated heterocycles. The molecule has 0 fully saturated rings. The number of hydrogen-bond donors (Lipinski definition) is 2. The van der Waals surface area contributed by atoms with Crippen LogP contribution in [0.5, 0.6) is 5.75 Å². The predicted octanol–water partition coefficient (Wildman–Crippen LogP) is 5.26. The van der Waals surface area contributed by atoms with E-state index in [0.717, 1.165) is 22.2 Å². The van der Waals surface area contributed by atoms with Crippen LogP contribution in [0.15, 0.2) is 24.3 Å². The van der Waals surface area contributed by atoms with Gasteiger partial charge < -0.3 is 10.1 Å². The lowest BCUT2D eigenvalue weighted by Crippen LogP contribution is -1.86. The second-order valence-corrected chi connectivity index (χ2v) is 6.38. The van der Waals surface area contributed by atoms with Crippen LogP contribution in [-0.2, 0) is 0 Å². The number of phenols is 1. The molecule has 4 nitrogen and oxygen atoms in total. The number of allylic oxidation sites excluding steroid dienone is 1. The van der Waals surface area contributed by atoms with Gasteiger partial charge in [0.15, 0.2) is 0 Å². The minimum Gasteiger partial charge on any atom is -0.506 e. The van der Waals surface area contributed by atoms with Gasteiger partial charge in [-0.3, -0.25) is 0 Å². The Morgan fingerprint density at radius 1 is 1.21 bits per heavy atom. The Kier molecular flexibility index (Phi) is 4.23. The van der Waals surface area contributed by atoms with Gasteiger partial charge >= 0.3 is 0 Å². The molecule has 2 N–H and O–H groups in total. The van der Waals surface area contributed by atoms with Gasteiger partial charge in [0.2, 0.25) is 0 Å². The zero-order valence-electron chi connectivity index (χ0n) is 13.0. The fraction of sp³-hybridized carbons (Fsp3) is 0.111. The molecule has 0 unspecified atom stereocenters. The van der Waals surface area contributed by atoms with Crippen molar-refractivity contribution in [3.63, 3.8) is 0 Å². The topological polar surface area (TPSA) is 72.7 Å². The summed E-state index contributed by atoms with van der Waals surface area (Å²) in [4.78, 5) is 7.60. The molecular weight excluding hydrogens is 345 g/mol. The summed E-state index contributed by atoms with van der Waals surface area (Å²) in [5.41, 5.74) is 4.53. The van der Waals surface area contributed by atoms with Crippen molar-refractivity contribution in [3.05, 3.63) is 56.8 Å². The Balaban J connectivity index is 2.14. The molecule has 0 spiro atoms. The van der Waals surface area contributed by atoms with Gasteiger partial charge in [0.05, 0.1) is 21.6 Å². The monoisotopic (exact) mass is 357 g/mol. The van der Waals surface area contributed by atoms with Crippen LogP contribution in [0.2, 0.25) is 10.0 Å². The van der Waals surface area contributed by atoms with Crippen LogP contribution in [-0.4, -0.2) is 15.1 Å². The zero-order valence-corrected chi connectivity index (χ0v) is 14.5. The number of aromatic nitrogens is 2. The van der Waals surface area contributed by atoms with E-state index in [0.29, 0.717) is 16.4 Å². The normalized spacial score (nSPS) is 11.7. The highest BCUT2D eigenvalue weighted by Crippen LogP contribution is 2.33. The third kappa shape index (κ3) is 2.96. The van der Waals surface area contributed by atoms with E-state index in [2.05, 4.69) is 16.0 Å². The molecule has 3 aromatic rings. The molecule has 0 radical (unpaired) electrons. The molecule has 0 aliphatic carbocycles.